The molecule has 1 N–H and O–H groups in total. The van der Waals surface area contributed by atoms with Crippen molar-refractivity contribution in [3.63, 3.8) is 0 Å². The molecule has 0 spiro atoms. The second-order valence-electron chi connectivity index (χ2n) is 5.93. The first-order valence-electron chi connectivity index (χ1n) is 7.98. The Morgan fingerprint density at radius 2 is 1.76 bits per heavy atom. The minimum atomic E-state index is 0.191. The highest BCUT2D eigenvalue weighted by Crippen LogP contribution is 2.53. The lowest BCUT2D eigenvalue weighted by atomic mass is 10.1. The smallest absolute Gasteiger partial charge is 0.228 e. The average Bonchev–Trinajstić information content (AvgIpc) is 3.12. The number of rotatable bonds is 4. The summed E-state index contributed by atoms with van der Waals surface area (Å²) in [6.45, 7) is 2.62. The van der Waals surface area contributed by atoms with E-state index in [1.54, 1.807) is 0 Å². The first-order chi connectivity index (χ1) is 10.3. The number of allylic oxidation sites excluding steroid dienone is 2. The predicted molar refractivity (Wildman–Crippen MR) is 84.3 cm³/mol. The molecule has 0 radical (unpaired) electrons. The number of hydrogen-bond donors (Lipinski definition) is 1. The minimum absolute atomic E-state index is 0.191. The summed E-state index contributed by atoms with van der Waals surface area (Å²) in [5.74, 6) is 2.44. The fourth-order valence-electron chi connectivity index (χ4n) is 3.46. The highest BCUT2D eigenvalue weighted by atomic mass is 16.5. The first-order valence-corrected chi connectivity index (χ1v) is 7.98. The van der Waals surface area contributed by atoms with E-state index >= 15 is 0 Å². The van der Waals surface area contributed by atoms with Crippen molar-refractivity contribution in [3.8, 4) is 5.75 Å². The Kier molecular flexibility index (Phi) is 4.28. The number of carbonyl (C=O) groups excluding carboxylic acids is 1. The zero-order valence-corrected chi connectivity index (χ0v) is 12.5. The van der Waals surface area contributed by atoms with Gasteiger partial charge in [0.25, 0.3) is 0 Å². The summed E-state index contributed by atoms with van der Waals surface area (Å²) >= 11 is 0. The van der Waals surface area contributed by atoms with Gasteiger partial charge in [0.15, 0.2) is 0 Å². The van der Waals surface area contributed by atoms with Crippen molar-refractivity contribution < 1.29 is 9.53 Å². The molecular weight excluding hydrogens is 262 g/mol. The Labute approximate surface area is 126 Å². The molecule has 112 valence electrons. The third kappa shape index (κ3) is 3.29. The van der Waals surface area contributed by atoms with Crippen LogP contribution in [0.5, 0.6) is 5.75 Å². The number of ether oxygens (including phenoxy) is 1. The summed E-state index contributed by atoms with van der Waals surface area (Å²) in [6.07, 6.45) is 9.07. The van der Waals surface area contributed by atoms with Gasteiger partial charge >= 0.3 is 0 Å². The van der Waals surface area contributed by atoms with Crippen molar-refractivity contribution in [1.29, 1.82) is 0 Å². The molecule has 2 aliphatic carbocycles. The van der Waals surface area contributed by atoms with E-state index in [1.807, 2.05) is 31.2 Å². The molecule has 0 unspecified atom stereocenters. The lowest BCUT2D eigenvalue weighted by molar-refractivity contribution is -0.117. The fourth-order valence-corrected chi connectivity index (χ4v) is 3.46. The number of carbonyl (C=O) groups is 1. The molecule has 3 rings (SSSR count). The summed E-state index contributed by atoms with van der Waals surface area (Å²) in [7, 11) is 0. The van der Waals surface area contributed by atoms with Crippen LogP contribution in [-0.4, -0.2) is 12.5 Å². The van der Waals surface area contributed by atoms with Crippen LogP contribution in [0.4, 0.5) is 5.69 Å². The number of benzene rings is 1. The Balaban J connectivity index is 1.57. The Bertz CT molecular complexity index is 505. The van der Waals surface area contributed by atoms with E-state index in [9.17, 15) is 4.79 Å². The Morgan fingerprint density at radius 3 is 2.33 bits per heavy atom. The molecule has 0 aliphatic heterocycles. The lowest BCUT2D eigenvalue weighted by Gasteiger charge is -2.07. The van der Waals surface area contributed by atoms with E-state index < -0.39 is 0 Å². The van der Waals surface area contributed by atoms with Crippen molar-refractivity contribution in [2.24, 2.45) is 17.8 Å². The molecule has 21 heavy (non-hydrogen) atoms. The lowest BCUT2D eigenvalue weighted by Crippen LogP contribution is -2.15. The van der Waals surface area contributed by atoms with E-state index in [4.69, 9.17) is 4.74 Å². The fraction of sp³-hybridized carbons (Fsp3) is 0.500. The molecule has 1 fully saturated rings. The van der Waals surface area contributed by atoms with Gasteiger partial charge in [0, 0.05) is 11.6 Å². The molecule has 2 aliphatic rings. The molecule has 0 bridgehead atoms. The molecule has 2 atom stereocenters. The number of hydrogen-bond acceptors (Lipinski definition) is 2. The standard InChI is InChI=1S/C18H23NO2/c1-2-21-14-11-9-13(10-12-14)19-18(20)17-15-7-5-3-4-6-8-16(15)17/h3-4,9-12,15-17H,2,5-8H2,1H3,(H,19,20)/b4-3+/t15-,16-/m0/s1. The van der Waals surface area contributed by atoms with Crippen LogP contribution in [0.1, 0.15) is 32.6 Å². The van der Waals surface area contributed by atoms with Crippen molar-refractivity contribution in [2.45, 2.75) is 32.6 Å². The van der Waals surface area contributed by atoms with Gasteiger partial charge in [-0.1, -0.05) is 12.2 Å². The summed E-state index contributed by atoms with van der Waals surface area (Å²) < 4.78 is 5.41. The van der Waals surface area contributed by atoms with Gasteiger partial charge in [0.2, 0.25) is 5.91 Å². The zero-order valence-electron chi connectivity index (χ0n) is 12.5. The van der Waals surface area contributed by atoms with Gasteiger partial charge in [-0.05, 0) is 68.7 Å². The minimum Gasteiger partial charge on any atom is -0.494 e. The van der Waals surface area contributed by atoms with Crippen molar-refractivity contribution in [3.05, 3.63) is 36.4 Å². The van der Waals surface area contributed by atoms with Gasteiger partial charge in [-0.15, -0.1) is 0 Å². The van der Waals surface area contributed by atoms with Crippen LogP contribution in [0, 0.1) is 17.8 Å². The highest BCUT2D eigenvalue weighted by molar-refractivity contribution is 5.94. The monoisotopic (exact) mass is 285 g/mol. The van der Waals surface area contributed by atoms with Crippen LogP contribution in [0.25, 0.3) is 0 Å². The topological polar surface area (TPSA) is 38.3 Å². The van der Waals surface area contributed by atoms with Crippen LogP contribution in [0.2, 0.25) is 0 Å². The molecule has 3 heteroatoms. The van der Waals surface area contributed by atoms with E-state index in [-0.39, 0.29) is 11.8 Å². The third-order valence-corrected chi connectivity index (χ3v) is 4.57. The molecule has 0 saturated heterocycles. The van der Waals surface area contributed by atoms with Crippen LogP contribution in [-0.2, 0) is 4.79 Å². The van der Waals surface area contributed by atoms with Crippen LogP contribution >= 0.6 is 0 Å². The second-order valence-corrected chi connectivity index (χ2v) is 5.93. The van der Waals surface area contributed by atoms with Gasteiger partial charge in [-0.2, -0.15) is 0 Å². The molecule has 3 nitrogen and oxygen atoms in total. The normalized spacial score (nSPS) is 28.7. The van der Waals surface area contributed by atoms with Crippen molar-refractivity contribution in [1.82, 2.24) is 0 Å². The maximum absolute atomic E-state index is 12.4. The van der Waals surface area contributed by atoms with E-state index in [0.29, 0.717) is 18.4 Å². The second kappa shape index (κ2) is 6.33. The largest absolute Gasteiger partial charge is 0.494 e. The molecule has 0 aromatic heterocycles. The maximum atomic E-state index is 12.4. The van der Waals surface area contributed by atoms with Gasteiger partial charge in [-0.3, -0.25) is 4.79 Å². The number of anilines is 1. The maximum Gasteiger partial charge on any atom is 0.228 e. The SMILES string of the molecule is CCOc1ccc(NC(=O)C2[C@H]3CC/C=C/CC[C@H]23)cc1. The Hall–Kier alpha value is -1.77. The molecule has 1 amide bonds. The summed E-state index contributed by atoms with van der Waals surface area (Å²) in [6, 6.07) is 7.63. The first kappa shape index (κ1) is 14.2. The zero-order chi connectivity index (χ0) is 14.7. The summed E-state index contributed by atoms with van der Waals surface area (Å²) in [5, 5.41) is 3.06. The van der Waals surface area contributed by atoms with Crippen molar-refractivity contribution in [2.75, 3.05) is 11.9 Å². The quantitative estimate of drug-likeness (QED) is 0.849. The molecule has 1 aromatic rings. The number of amides is 1. The predicted octanol–water partition coefficient (Wildman–Crippen LogP) is 4.02. The van der Waals surface area contributed by atoms with Crippen LogP contribution in [0.3, 0.4) is 0 Å². The summed E-state index contributed by atoms with van der Waals surface area (Å²) in [4.78, 5) is 12.4. The highest BCUT2D eigenvalue weighted by Gasteiger charge is 2.53. The average molecular weight is 285 g/mol. The van der Waals surface area contributed by atoms with Gasteiger partial charge in [-0.25, -0.2) is 0 Å². The van der Waals surface area contributed by atoms with Gasteiger partial charge in [0.05, 0.1) is 6.61 Å². The van der Waals surface area contributed by atoms with Crippen LogP contribution in [0.15, 0.2) is 36.4 Å². The van der Waals surface area contributed by atoms with Crippen LogP contribution < -0.4 is 10.1 Å². The van der Waals surface area contributed by atoms with E-state index in [2.05, 4.69) is 17.5 Å². The molecule has 0 heterocycles. The van der Waals surface area contributed by atoms with Crippen molar-refractivity contribution >= 4 is 11.6 Å². The number of nitrogens with one attached hydrogen (secondary N) is 1. The third-order valence-electron chi connectivity index (χ3n) is 4.57. The van der Waals surface area contributed by atoms with E-state index in [0.717, 1.165) is 37.1 Å². The molecular formula is C18H23NO2. The number of fused-ring (bicyclic) bond motifs is 1. The summed E-state index contributed by atoms with van der Waals surface area (Å²) in [5.41, 5.74) is 0.862. The van der Waals surface area contributed by atoms with E-state index in [1.165, 1.54) is 0 Å². The Morgan fingerprint density at radius 1 is 1.14 bits per heavy atom. The molecule has 1 aromatic carbocycles. The molecule has 1 saturated carbocycles. The van der Waals surface area contributed by atoms with Gasteiger partial charge < -0.3 is 10.1 Å². The van der Waals surface area contributed by atoms with Gasteiger partial charge in [0.1, 0.15) is 5.75 Å².